The summed E-state index contributed by atoms with van der Waals surface area (Å²) in [6.07, 6.45) is 0. The summed E-state index contributed by atoms with van der Waals surface area (Å²) < 4.78 is 13.4. The number of benzene rings is 1. The van der Waals surface area contributed by atoms with Gasteiger partial charge in [-0.3, -0.25) is 0 Å². The maximum Gasteiger partial charge on any atom is 0.132 e. The highest BCUT2D eigenvalue weighted by molar-refractivity contribution is 7.13. The molecule has 0 saturated heterocycles. The van der Waals surface area contributed by atoms with Crippen LogP contribution in [0.4, 0.5) is 4.39 Å². The van der Waals surface area contributed by atoms with Gasteiger partial charge in [-0.25, -0.2) is 4.39 Å². The molecule has 15 heavy (non-hydrogen) atoms. The maximum absolute atomic E-state index is 13.4. The standard InChI is InChI=1S/C11H9FS.C2H6/c1-8-4-2-5-9(12)11(8)10-6-3-7-13-10;1-2/h2-7H,1H3;1-2H3. The predicted molar refractivity (Wildman–Crippen MR) is 65.8 cm³/mol. The van der Waals surface area contributed by atoms with Crippen molar-refractivity contribution in [1.29, 1.82) is 0 Å². The SMILES string of the molecule is CC.Cc1cccc(F)c1-c1cccs1. The van der Waals surface area contributed by atoms with Gasteiger partial charge in [0.1, 0.15) is 5.82 Å². The Morgan fingerprint density at radius 3 is 2.33 bits per heavy atom. The molecule has 0 N–H and O–H groups in total. The lowest BCUT2D eigenvalue weighted by atomic mass is 10.1. The third kappa shape index (κ3) is 2.66. The van der Waals surface area contributed by atoms with E-state index < -0.39 is 0 Å². The van der Waals surface area contributed by atoms with Crippen molar-refractivity contribution >= 4 is 11.3 Å². The second kappa shape index (κ2) is 5.66. The van der Waals surface area contributed by atoms with Gasteiger partial charge in [-0.05, 0) is 30.0 Å². The average molecular weight is 222 g/mol. The van der Waals surface area contributed by atoms with E-state index in [0.717, 1.165) is 16.0 Å². The summed E-state index contributed by atoms with van der Waals surface area (Å²) in [4.78, 5) is 0.996. The van der Waals surface area contributed by atoms with Crippen molar-refractivity contribution < 1.29 is 4.39 Å². The molecule has 0 aliphatic heterocycles. The van der Waals surface area contributed by atoms with E-state index in [2.05, 4.69) is 0 Å². The summed E-state index contributed by atoms with van der Waals surface area (Å²) in [5, 5.41) is 1.96. The van der Waals surface area contributed by atoms with Crippen molar-refractivity contribution in [2.24, 2.45) is 0 Å². The van der Waals surface area contributed by atoms with Crippen LogP contribution in [0.3, 0.4) is 0 Å². The number of rotatable bonds is 1. The number of aryl methyl sites for hydroxylation is 1. The Labute approximate surface area is 94.4 Å². The molecule has 1 aromatic carbocycles. The Morgan fingerprint density at radius 1 is 1.07 bits per heavy atom. The Kier molecular flexibility index (Phi) is 4.50. The molecule has 80 valence electrons. The Morgan fingerprint density at radius 2 is 1.80 bits per heavy atom. The molecule has 1 aromatic heterocycles. The smallest absolute Gasteiger partial charge is 0.132 e. The fourth-order valence-electron chi connectivity index (χ4n) is 1.36. The quantitative estimate of drug-likeness (QED) is 0.644. The minimum Gasteiger partial charge on any atom is -0.206 e. The summed E-state index contributed by atoms with van der Waals surface area (Å²) >= 11 is 1.56. The van der Waals surface area contributed by atoms with E-state index in [1.165, 1.54) is 6.07 Å². The van der Waals surface area contributed by atoms with Gasteiger partial charge in [0.05, 0.1) is 0 Å². The molecule has 2 rings (SSSR count). The van der Waals surface area contributed by atoms with Gasteiger partial charge < -0.3 is 0 Å². The molecule has 0 saturated carbocycles. The van der Waals surface area contributed by atoms with Gasteiger partial charge in [-0.15, -0.1) is 11.3 Å². The normalized spacial score (nSPS) is 9.33. The highest BCUT2D eigenvalue weighted by Crippen LogP contribution is 2.29. The first kappa shape index (κ1) is 11.9. The van der Waals surface area contributed by atoms with Crippen molar-refractivity contribution in [1.82, 2.24) is 0 Å². The fraction of sp³-hybridized carbons (Fsp3) is 0.231. The Balaban J connectivity index is 0.000000531. The van der Waals surface area contributed by atoms with Crippen molar-refractivity contribution in [3.63, 3.8) is 0 Å². The number of hydrogen-bond donors (Lipinski definition) is 0. The molecule has 0 nitrogen and oxygen atoms in total. The molecule has 0 fully saturated rings. The minimum absolute atomic E-state index is 0.137. The fourth-order valence-corrected chi connectivity index (χ4v) is 2.20. The molecule has 1 heterocycles. The summed E-state index contributed by atoms with van der Waals surface area (Å²) in [5.41, 5.74) is 1.72. The van der Waals surface area contributed by atoms with E-state index in [9.17, 15) is 4.39 Å². The van der Waals surface area contributed by atoms with E-state index in [1.54, 1.807) is 17.4 Å². The molecule has 0 aliphatic carbocycles. The van der Waals surface area contributed by atoms with Gasteiger partial charge in [-0.2, -0.15) is 0 Å². The summed E-state index contributed by atoms with van der Waals surface area (Å²) in [6, 6.07) is 9.05. The predicted octanol–water partition coefficient (Wildman–Crippen LogP) is 4.89. The monoisotopic (exact) mass is 222 g/mol. The number of thiophene rings is 1. The highest BCUT2D eigenvalue weighted by Gasteiger charge is 2.07. The van der Waals surface area contributed by atoms with Crippen molar-refractivity contribution in [2.45, 2.75) is 20.8 Å². The van der Waals surface area contributed by atoms with Crippen LogP contribution >= 0.6 is 11.3 Å². The zero-order valence-corrected chi connectivity index (χ0v) is 10.1. The third-order valence-corrected chi connectivity index (χ3v) is 2.88. The topological polar surface area (TPSA) is 0 Å². The molecule has 0 radical (unpaired) electrons. The lowest BCUT2D eigenvalue weighted by Gasteiger charge is -2.03. The zero-order chi connectivity index (χ0) is 11.3. The maximum atomic E-state index is 13.4. The van der Waals surface area contributed by atoms with Crippen LogP contribution in [-0.4, -0.2) is 0 Å². The molecule has 0 bridgehead atoms. The minimum atomic E-state index is -0.137. The lowest BCUT2D eigenvalue weighted by molar-refractivity contribution is 0.630. The summed E-state index contributed by atoms with van der Waals surface area (Å²) in [5.74, 6) is -0.137. The zero-order valence-electron chi connectivity index (χ0n) is 9.25. The highest BCUT2D eigenvalue weighted by atomic mass is 32.1. The van der Waals surface area contributed by atoms with Crippen LogP contribution < -0.4 is 0 Å². The number of halogens is 1. The molecule has 2 heteroatoms. The third-order valence-electron chi connectivity index (χ3n) is 1.99. The second-order valence-corrected chi connectivity index (χ2v) is 3.86. The van der Waals surface area contributed by atoms with Gasteiger partial charge in [-0.1, -0.05) is 32.0 Å². The van der Waals surface area contributed by atoms with Gasteiger partial charge >= 0.3 is 0 Å². The van der Waals surface area contributed by atoms with Crippen molar-refractivity contribution in [3.8, 4) is 10.4 Å². The van der Waals surface area contributed by atoms with Gasteiger partial charge in [0.2, 0.25) is 0 Å². The molecule has 0 atom stereocenters. The van der Waals surface area contributed by atoms with Crippen LogP contribution in [0.5, 0.6) is 0 Å². The van der Waals surface area contributed by atoms with E-state index in [4.69, 9.17) is 0 Å². The van der Waals surface area contributed by atoms with Crippen molar-refractivity contribution in [2.75, 3.05) is 0 Å². The van der Waals surface area contributed by atoms with Gasteiger partial charge in [0.15, 0.2) is 0 Å². The summed E-state index contributed by atoms with van der Waals surface area (Å²) in [6.45, 7) is 5.93. The first-order valence-corrected chi connectivity index (χ1v) is 5.96. The van der Waals surface area contributed by atoms with Crippen LogP contribution in [0.15, 0.2) is 35.7 Å². The molecule has 0 spiro atoms. The molecule has 0 aliphatic rings. The second-order valence-electron chi connectivity index (χ2n) is 2.91. The van der Waals surface area contributed by atoms with E-state index >= 15 is 0 Å². The van der Waals surface area contributed by atoms with Crippen LogP contribution in [0.25, 0.3) is 10.4 Å². The molecule has 0 unspecified atom stereocenters. The molecule has 0 amide bonds. The van der Waals surface area contributed by atoms with E-state index in [0.29, 0.717) is 0 Å². The van der Waals surface area contributed by atoms with Crippen molar-refractivity contribution in [3.05, 3.63) is 47.1 Å². The van der Waals surface area contributed by atoms with E-state index in [1.807, 2.05) is 44.4 Å². The average Bonchev–Trinajstić information content (AvgIpc) is 2.74. The lowest BCUT2D eigenvalue weighted by Crippen LogP contribution is -1.85. The van der Waals surface area contributed by atoms with Crippen LogP contribution in [0, 0.1) is 12.7 Å². The largest absolute Gasteiger partial charge is 0.206 e. The Bertz CT molecular complexity index is 384. The van der Waals surface area contributed by atoms with Crippen LogP contribution in [0.1, 0.15) is 19.4 Å². The molecular formula is C13H15FS. The van der Waals surface area contributed by atoms with Gasteiger partial charge in [0.25, 0.3) is 0 Å². The first-order valence-electron chi connectivity index (χ1n) is 5.08. The van der Waals surface area contributed by atoms with Crippen LogP contribution in [0.2, 0.25) is 0 Å². The van der Waals surface area contributed by atoms with Crippen LogP contribution in [-0.2, 0) is 0 Å². The van der Waals surface area contributed by atoms with Gasteiger partial charge in [0, 0.05) is 10.4 Å². The number of hydrogen-bond acceptors (Lipinski definition) is 1. The van der Waals surface area contributed by atoms with E-state index in [-0.39, 0.29) is 5.82 Å². The Hall–Kier alpha value is -1.15. The first-order chi connectivity index (χ1) is 7.29. The molecular weight excluding hydrogens is 207 g/mol. The molecule has 2 aromatic rings. The summed E-state index contributed by atoms with van der Waals surface area (Å²) in [7, 11) is 0.